The lowest BCUT2D eigenvalue weighted by molar-refractivity contribution is 0.397. The number of ether oxygens (including phenoxy) is 1. The van der Waals surface area contributed by atoms with Crippen LogP contribution in [0.4, 0.5) is 0 Å². The van der Waals surface area contributed by atoms with E-state index in [0.717, 1.165) is 35.1 Å². The number of nitrogens with one attached hydrogen (secondary N) is 2. The van der Waals surface area contributed by atoms with Crippen LogP contribution in [0.1, 0.15) is 11.1 Å². The molecule has 0 spiro atoms. The topological polar surface area (TPSA) is 58.5 Å². The Morgan fingerprint density at radius 2 is 2.00 bits per heavy atom. The predicted molar refractivity (Wildman–Crippen MR) is 110 cm³/mol. The Morgan fingerprint density at radius 1 is 1.21 bits per heavy atom. The van der Waals surface area contributed by atoms with E-state index in [4.69, 9.17) is 16.3 Å². The molecule has 24 heavy (non-hydrogen) atoms. The zero-order chi connectivity index (χ0) is 16.5. The Kier molecular flexibility index (Phi) is 9.48. The van der Waals surface area contributed by atoms with Crippen LogP contribution >= 0.6 is 35.6 Å². The number of halogens is 2. The number of aliphatic imine (C=N–C) groups is 1. The summed E-state index contributed by atoms with van der Waals surface area (Å²) in [7, 11) is 3.35. The second-order valence-corrected chi connectivity index (χ2v) is 5.31. The number of rotatable bonds is 6. The minimum atomic E-state index is 0. The minimum absolute atomic E-state index is 0. The Balaban J connectivity index is 0.00000288. The van der Waals surface area contributed by atoms with E-state index >= 15 is 0 Å². The third-order valence-electron chi connectivity index (χ3n) is 3.33. The summed E-state index contributed by atoms with van der Waals surface area (Å²) < 4.78 is 5.04. The first-order chi connectivity index (χ1) is 11.2. The van der Waals surface area contributed by atoms with Crippen molar-refractivity contribution in [2.24, 2.45) is 4.99 Å². The molecule has 1 heterocycles. The van der Waals surface area contributed by atoms with E-state index in [1.807, 2.05) is 36.4 Å². The Labute approximate surface area is 164 Å². The molecular weight excluding hydrogens is 439 g/mol. The van der Waals surface area contributed by atoms with Gasteiger partial charge in [-0.15, -0.1) is 24.0 Å². The van der Waals surface area contributed by atoms with E-state index in [9.17, 15) is 0 Å². The van der Waals surface area contributed by atoms with Gasteiger partial charge >= 0.3 is 0 Å². The van der Waals surface area contributed by atoms with Crippen molar-refractivity contribution in [1.29, 1.82) is 0 Å². The first-order valence-electron chi connectivity index (χ1n) is 7.39. The van der Waals surface area contributed by atoms with E-state index in [1.54, 1.807) is 20.4 Å². The molecule has 0 saturated heterocycles. The Bertz CT molecular complexity index is 649. The molecule has 2 aromatic rings. The molecule has 1 aromatic carbocycles. The van der Waals surface area contributed by atoms with Gasteiger partial charge in [0.25, 0.3) is 0 Å². The third kappa shape index (κ3) is 6.52. The maximum Gasteiger partial charge on any atom is 0.212 e. The molecule has 2 N–H and O–H groups in total. The van der Waals surface area contributed by atoms with Crippen molar-refractivity contribution < 1.29 is 4.74 Å². The van der Waals surface area contributed by atoms with Crippen LogP contribution in [0.2, 0.25) is 5.02 Å². The smallest absolute Gasteiger partial charge is 0.212 e. The number of aromatic nitrogens is 1. The monoisotopic (exact) mass is 460 g/mol. The van der Waals surface area contributed by atoms with Crippen LogP contribution < -0.4 is 15.4 Å². The maximum absolute atomic E-state index is 6.15. The Morgan fingerprint density at radius 3 is 2.62 bits per heavy atom. The first-order valence-corrected chi connectivity index (χ1v) is 7.77. The van der Waals surface area contributed by atoms with Gasteiger partial charge in [0.15, 0.2) is 5.96 Å². The van der Waals surface area contributed by atoms with Crippen LogP contribution in [0.15, 0.2) is 47.6 Å². The van der Waals surface area contributed by atoms with Gasteiger partial charge < -0.3 is 15.4 Å². The first kappa shape index (κ1) is 20.5. The Hall–Kier alpha value is -1.54. The van der Waals surface area contributed by atoms with Crippen molar-refractivity contribution in [3.8, 4) is 5.88 Å². The van der Waals surface area contributed by atoms with Gasteiger partial charge in [-0.25, -0.2) is 4.98 Å². The average molecular weight is 461 g/mol. The van der Waals surface area contributed by atoms with Crippen LogP contribution in [0, 0.1) is 0 Å². The number of benzene rings is 1. The molecular formula is C17H22ClIN4O. The molecule has 130 valence electrons. The lowest BCUT2D eigenvalue weighted by atomic mass is 10.1. The zero-order valence-corrected chi connectivity index (χ0v) is 16.8. The van der Waals surface area contributed by atoms with E-state index < -0.39 is 0 Å². The van der Waals surface area contributed by atoms with Crippen molar-refractivity contribution in [1.82, 2.24) is 15.6 Å². The summed E-state index contributed by atoms with van der Waals surface area (Å²) in [5.74, 6) is 1.35. The second kappa shape index (κ2) is 11.1. The summed E-state index contributed by atoms with van der Waals surface area (Å²) in [5.41, 5.74) is 2.18. The van der Waals surface area contributed by atoms with Gasteiger partial charge in [-0.1, -0.05) is 35.9 Å². The number of guanidine groups is 1. The lowest BCUT2D eigenvalue weighted by Gasteiger charge is -2.12. The van der Waals surface area contributed by atoms with Gasteiger partial charge in [-0.2, -0.15) is 0 Å². The zero-order valence-electron chi connectivity index (χ0n) is 13.8. The van der Waals surface area contributed by atoms with Gasteiger partial charge in [0.05, 0.1) is 7.11 Å². The highest BCUT2D eigenvalue weighted by Gasteiger charge is 2.02. The molecule has 0 atom stereocenters. The van der Waals surface area contributed by atoms with Gasteiger partial charge in [0.2, 0.25) is 5.88 Å². The summed E-state index contributed by atoms with van der Waals surface area (Å²) in [5, 5.41) is 7.32. The summed E-state index contributed by atoms with van der Waals surface area (Å²) in [6.07, 6.45) is 2.62. The molecule has 0 aliphatic rings. The molecule has 7 heteroatoms. The van der Waals surface area contributed by atoms with Gasteiger partial charge in [0, 0.05) is 37.4 Å². The molecule has 2 rings (SSSR count). The third-order valence-corrected chi connectivity index (χ3v) is 3.70. The van der Waals surface area contributed by atoms with Gasteiger partial charge in [0.1, 0.15) is 0 Å². The van der Waals surface area contributed by atoms with Crippen LogP contribution in [0.25, 0.3) is 0 Å². The van der Waals surface area contributed by atoms with E-state index in [0.29, 0.717) is 12.4 Å². The van der Waals surface area contributed by atoms with Gasteiger partial charge in [-0.05, 0) is 23.6 Å². The summed E-state index contributed by atoms with van der Waals surface area (Å²) in [6, 6.07) is 11.7. The summed E-state index contributed by atoms with van der Waals surface area (Å²) in [4.78, 5) is 8.38. The number of methoxy groups -OCH3 is 1. The number of pyridine rings is 1. The van der Waals surface area contributed by atoms with Crippen LogP contribution in [-0.4, -0.2) is 31.6 Å². The lowest BCUT2D eigenvalue weighted by Crippen LogP contribution is -2.37. The highest BCUT2D eigenvalue weighted by atomic mass is 127. The molecule has 0 bridgehead atoms. The fourth-order valence-corrected chi connectivity index (χ4v) is 2.29. The van der Waals surface area contributed by atoms with Crippen molar-refractivity contribution >= 4 is 41.5 Å². The fraction of sp³-hybridized carbons (Fsp3) is 0.294. The van der Waals surface area contributed by atoms with E-state index in [2.05, 4.69) is 20.6 Å². The van der Waals surface area contributed by atoms with E-state index in [-0.39, 0.29) is 24.0 Å². The highest BCUT2D eigenvalue weighted by Crippen LogP contribution is 2.14. The predicted octanol–water partition coefficient (Wildman–Crippen LogP) is 3.27. The molecule has 0 saturated carbocycles. The number of hydrogen-bond acceptors (Lipinski definition) is 3. The standard InChI is InChI=1S/C17H21ClN4O.HI/c1-19-17(20-10-9-14-5-3-4-6-15(14)18)22-12-13-7-8-16(23-2)21-11-13;/h3-8,11H,9-10,12H2,1-2H3,(H2,19,20,22);1H. The molecule has 0 radical (unpaired) electrons. The molecule has 0 amide bonds. The summed E-state index contributed by atoms with van der Waals surface area (Å²) in [6.45, 7) is 1.40. The molecule has 0 unspecified atom stereocenters. The number of nitrogens with zero attached hydrogens (tertiary/aromatic N) is 2. The second-order valence-electron chi connectivity index (χ2n) is 4.90. The summed E-state index contributed by atoms with van der Waals surface area (Å²) >= 11 is 6.15. The molecule has 0 aliphatic carbocycles. The average Bonchev–Trinajstić information content (AvgIpc) is 2.60. The van der Waals surface area contributed by atoms with Crippen LogP contribution in [-0.2, 0) is 13.0 Å². The van der Waals surface area contributed by atoms with Crippen LogP contribution in [0.3, 0.4) is 0 Å². The largest absolute Gasteiger partial charge is 0.481 e. The van der Waals surface area contributed by atoms with Gasteiger partial charge in [-0.3, -0.25) is 4.99 Å². The molecule has 0 fully saturated rings. The van der Waals surface area contributed by atoms with E-state index in [1.165, 1.54) is 0 Å². The quantitative estimate of drug-likeness (QED) is 0.395. The minimum Gasteiger partial charge on any atom is -0.481 e. The highest BCUT2D eigenvalue weighted by molar-refractivity contribution is 14.0. The van der Waals surface area contributed by atoms with Crippen molar-refractivity contribution in [2.75, 3.05) is 20.7 Å². The molecule has 0 aliphatic heterocycles. The molecule has 5 nitrogen and oxygen atoms in total. The number of hydrogen-bond donors (Lipinski definition) is 2. The maximum atomic E-state index is 6.15. The molecule has 1 aromatic heterocycles. The van der Waals surface area contributed by atoms with Crippen molar-refractivity contribution in [3.63, 3.8) is 0 Å². The normalized spacial score (nSPS) is 10.7. The van der Waals surface area contributed by atoms with Crippen LogP contribution in [0.5, 0.6) is 5.88 Å². The SMILES string of the molecule is CN=C(NCCc1ccccc1Cl)NCc1ccc(OC)nc1.I. The van der Waals surface area contributed by atoms with Crippen molar-refractivity contribution in [3.05, 3.63) is 58.7 Å². The fourth-order valence-electron chi connectivity index (χ4n) is 2.06. The van der Waals surface area contributed by atoms with Crippen molar-refractivity contribution in [2.45, 2.75) is 13.0 Å².